The summed E-state index contributed by atoms with van der Waals surface area (Å²) in [4.78, 5) is 11.5. The quantitative estimate of drug-likeness (QED) is 0.614. The maximum Gasteiger partial charge on any atom is 0.244 e. The summed E-state index contributed by atoms with van der Waals surface area (Å²) in [6.07, 6.45) is 4.57. The molecule has 17 heavy (non-hydrogen) atoms. The van der Waals surface area contributed by atoms with Gasteiger partial charge in [0.15, 0.2) is 0 Å². The molecule has 1 fully saturated rings. The number of nitrogen functional groups attached to an aromatic ring is 1. The highest BCUT2D eigenvalue weighted by Crippen LogP contribution is 2.36. The van der Waals surface area contributed by atoms with Crippen LogP contribution in [0.2, 0.25) is 0 Å². The molecule has 1 aliphatic carbocycles. The summed E-state index contributed by atoms with van der Waals surface area (Å²) in [5.74, 6) is 1.42. The number of anilines is 1. The summed E-state index contributed by atoms with van der Waals surface area (Å²) in [6, 6.07) is 7.46. The molecule has 0 heterocycles. The minimum absolute atomic E-state index is 0.0356. The molecule has 3 nitrogen and oxygen atoms in total. The zero-order valence-electron chi connectivity index (χ0n) is 10.0. The Morgan fingerprint density at radius 3 is 3.00 bits per heavy atom. The van der Waals surface area contributed by atoms with Crippen molar-refractivity contribution in [3.05, 3.63) is 35.9 Å². The van der Waals surface area contributed by atoms with Gasteiger partial charge in [-0.3, -0.25) is 4.79 Å². The summed E-state index contributed by atoms with van der Waals surface area (Å²) in [7, 11) is 0. The third-order valence-corrected chi connectivity index (χ3v) is 3.15. The molecule has 2 unspecified atom stereocenters. The normalized spacial score (nSPS) is 22.6. The van der Waals surface area contributed by atoms with Crippen LogP contribution in [0.1, 0.15) is 18.9 Å². The number of nitrogens with one attached hydrogen (secondary N) is 1. The first-order chi connectivity index (χ1) is 8.15. The van der Waals surface area contributed by atoms with Crippen LogP contribution in [0, 0.1) is 11.8 Å². The molecule has 90 valence electrons. The molecule has 0 aliphatic heterocycles. The minimum Gasteiger partial charge on any atom is -0.399 e. The smallest absolute Gasteiger partial charge is 0.244 e. The molecule has 2 rings (SSSR count). The van der Waals surface area contributed by atoms with Crippen molar-refractivity contribution in [1.29, 1.82) is 0 Å². The van der Waals surface area contributed by atoms with Crippen LogP contribution in [-0.4, -0.2) is 12.5 Å². The van der Waals surface area contributed by atoms with Gasteiger partial charge in [-0.15, -0.1) is 0 Å². The van der Waals surface area contributed by atoms with Gasteiger partial charge in [0, 0.05) is 18.3 Å². The van der Waals surface area contributed by atoms with E-state index in [1.807, 2.05) is 24.3 Å². The van der Waals surface area contributed by atoms with Crippen LogP contribution in [0.4, 0.5) is 5.69 Å². The number of amides is 1. The van der Waals surface area contributed by atoms with Crippen LogP contribution in [0.3, 0.4) is 0 Å². The number of benzene rings is 1. The number of hydrogen-bond acceptors (Lipinski definition) is 2. The van der Waals surface area contributed by atoms with Gasteiger partial charge in [-0.2, -0.15) is 0 Å². The fraction of sp³-hybridized carbons (Fsp3) is 0.357. The lowest BCUT2D eigenvalue weighted by Gasteiger charge is -2.00. The van der Waals surface area contributed by atoms with E-state index in [-0.39, 0.29) is 5.91 Å². The topological polar surface area (TPSA) is 55.1 Å². The molecule has 3 N–H and O–H groups in total. The predicted octanol–water partition coefficient (Wildman–Crippen LogP) is 2.05. The van der Waals surface area contributed by atoms with Crippen molar-refractivity contribution in [2.24, 2.45) is 11.8 Å². The molecule has 0 radical (unpaired) electrons. The van der Waals surface area contributed by atoms with Gasteiger partial charge < -0.3 is 11.1 Å². The van der Waals surface area contributed by atoms with Gasteiger partial charge in [-0.25, -0.2) is 0 Å². The second kappa shape index (κ2) is 5.04. The van der Waals surface area contributed by atoms with Crippen molar-refractivity contribution in [2.45, 2.75) is 13.3 Å². The molecular weight excluding hydrogens is 212 g/mol. The van der Waals surface area contributed by atoms with Gasteiger partial charge in [0.05, 0.1) is 0 Å². The first-order valence-corrected chi connectivity index (χ1v) is 5.96. The molecule has 3 heteroatoms. The first kappa shape index (κ1) is 11.7. The van der Waals surface area contributed by atoms with Gasteiger partial charge in [-0.05, 0) is 42.0 Å². The Morgan fingerprint density at radius 1 is 1.59 bits per heavy atom. The van der Waals surface area contributed by atoms with Crippen molar-refractivity contribution in [3.63, 3.8) is 0 Å². The van der Waals surface area contributed by atoms with Crippen LogP contribution in [0.15, 0.2) is 30.3 Å². The van der Waals surface area contributed by atoms with Gasteiger partial charge in [-0.1, -0.05) is 19.1 Å². The maximum absolute atomic E-state index is 11.5. The number of hydrogen-bond donors (Lipinski definition) is 2. The van der Waals surface area contributed by atoms with Crippen LogP contribution in [0.25, 0.3) is 6.08 Å². The standard InChI is InChI=1S/C14H18N2O/c1-10-7-12(10)9-16-14(17)6-5-11-3-2-4-13(15)8-11/h2-6,8,10,12H,7,9,15H2,1H3,(H,16,17)/b6-5+. The number of nitrogens with two attached hydrogens (primary N) is 1. The molecule has 1 aliphatic rings. The van der Waals surface area contributed by atoms with E-state index in [0.717, 1.165) is 18.0 Å². The van der Waals surface area contributed by atoms with Crippen molar-refractivity contribution in [3.8, 4) is 0 Å². The fourth-order valence-corrected chi connectivity index (χ4v) is 1.81. The monoisotopic (exact) mass is 230 g/mol. The Hall–Kier alpha value is -1.77. The van der Waals surface area contributed by atoms with Crippen molar-refractivity contribution >= 4 is 17.7 Å². The highest BCUT2D eigenvalue weighted by atomic mass is 16.1. The lowest BCUT2D eigenvalue weighted by atomic mass is 10.2. The predicted molar refractivity (Wildman–Crippen MR) is 70.2 cm³/mol. The summed E-state index contributed by atoms with van der Waals surface area (Å²) >= 11 is 0. The number of carbonyl (C=O) groups is 1. The summed E-state index contributed by atoms with van der Waals surface area (Å²) in [5, 5.41) is 2.90. The highest BCUT2D eigenvalue weighted by molar-refractivity contribution is 5.91. The largest absolute Gasteiger partial charge is 0.399 e. The van der Waals surface area contributed by atoms with E-state index in [9.17, 15) is 4.79 Å². The SMILES string of the molecule is CC1CC1CNC(=O)/C=C/c1cccc(N)c1. The Labute approximate surface area is 102 Å². The van der Waals surface area contributed by atoms with E-state index >= 15 is 0 Å². The zero-order valence-corrected chi connectivity index (χ0v) is 10.0. The van der Waals surface area contributed by atoms with Crippen LogP contribution >= 0.6 is 0 Å². The van der Waals surface area contributed by atoms with E-state index in [1.54, 1.807) is 12.2 Å². The number of carbonyl (C=O) groups excluding carboxylic acids is 1. The van der Waals surface area contributed by atoms with E-state index in [4.69, 9.17) is 5.73 Å². The van der Waals surface area contributed by atoms with Crippen molar-refractivity contribution < 1.29 is 4.79 Å². The van der Waals surface area contributed by atoms with E-state index in [2.05, 4.69) is 12.2 Å². The highest BCUT2D eigenvalue weighted by Gasteiger charge is 2.32. The van der Waals surface area contributed by atoms with Crippen LogP contribution in [-0.2, 0) is 4.79 Å². The molecule has 1 saturated carbocycles. The Balaban J connectivity index is 1.81. The summed E-state index contributed by atoms with van der Waals surface area (Å²) in [6.45, 7) is 3.00. The molecular formula is C14H18N2O. The molecule has 0 aromatic heterocycles. The molecule has 0 bridgehead atoms. The summed E-state index contributed by atoms with van der Waals surface area (Å²) < 4.78 is 0. The fourth-order valence-electron chi connectivity index (χ4n) is 1.81. The van der Waals surface area contributed by atoms with Crippen molar-refractivity contribution in [1.82, 2.24) is 5.32 Å². The summed E-state index contributed by atoms with van der Waals surface area (Å²) in [5.41, 5.74) is 7.30. The van der Waals surface area contributed by atoms with E-state index in [1.165, 1.54) is 6.42 Å². The van der Waals surface area contributed by atoms with E-state index < -0.39 is 0 Å². The van der Waals surface area contributed by atoms with Crippen LogP contribution in [0.5, 0.6) is 0 Å². The van der Waals surface area contributed by atoms with Crippen LogP contribution < -0.4 is 11.1 Å². The maximum atomic E-state index is 11.5. The third kappa shape index (κ3) is 3.63. The second-order valence-electron chi connectivity index (χ2n) is 4.72. The lowest BCUT2D eigenvalue weighted by Crippen LogP contribution is -2.23. The Kier molecular flexibility index (Phi) is 3.47. The first-order valence-electron chi connectivity index (χ1n) is 5.96. The number of rotatable bonds is 4. The minimum atomic E-state index is -0.0356. The third-order valence-electron chi connectivity index (χ3n) is 3.15. The molecule has 2 atom stereocenters. The molecule has 0 spiro atoms. The Bertz CT molecular complexity index is 440. The van der Waals surface area contributed by atoms with Gasteiger partial charge in [0.25, 0.3) is 0 Å². The van der Waals surface area contributed by atoms with Gasteiger partial charge in [0.1, 0.15) is 0 Å². The molecule has 0 saturated heterocycles. The van der Waals surface area contributed by atoms with E-state index in [0.29, 0.717) is 11.6 Å². The molecule has 1 aromatic carbocycles. The zero-order chi connectivity index (χ0) is 12.3. The van der Waals surface area contributed by atoms with Gasteiger partial charge >= 0.3 is 0 Å². The average Bonchev–Trinajstić information content (AvgIpc) is 3.00. The Morgan fingerprint density at radius 2 is 2.35 bits per heavy atom. The molecule has 1 aromatic rings. The average molecular weight is 230 g/mol. The van der Waals surface area contributed by atoms with Crippen molar-refractivity contribution in [2.75, 3.05) is 12.3 Å². The second-order valence-corrected chi connectivity index (χ2v) is 4.72. The van der Waals surface area contributed by atoms with Gasteiger partial charge in [0.2, 0.25) is 5.91 Å². The molecule has 1 amide bonds. The lowest BCUT2D eigenvalue weighted by molar-refractivity contribution is -0.116.